The number of nitrogens with one attached hydrogen (secondary N) is 1. The summed E-state index contributed by atoms with van der Waals surface area (Å²) in [6.45, 7) is 8.05. The first-order valence-electron chi connectivity index (χ1n) is 8.18. The maximum atomic E-state index is 12.2. The molecular weight excluding hydrogens is 302 g/mol. The minimum atomic E-state index is -0.562. The van der Waals surface area contributed by atoms with E-state index >= 15 is 0 Å². The van der Waals surface area contributed by atoms with Gasteiger partial charge >= 0.3 is 0 Å². The first-order chi connectivity index (χ1) is 11.5. The molecule has 1 amide bonds. The summed E-state index contributed by atoms with van der Waals surface area (Å²) in [6, 6.07) is 15.4. The van der Waals surface area contributed by atoms with Crippen LogP contribution in [0.2, 0.25) is 0 Å². The zero-order valence-corrected chi connectivity index (χ0v) is 14.7. The zero-order chi connectivity index (χ0) is 17.5. The van der Waals surface area contributed by atoms with Gasteiger partial charge in [-0.1, -0.05) is 30.3 Å². The lowest BCUT2D eigenvalue weighted by Gasteiger charge is -2.19. The summed E-state index contributed by atoms with van der Waals surface area (Å²) in [5.74, 6) is 1.38. The van der Waals surface area contributed by atoms with Crippen molar-refractivity contribution in [3.8, 4) is 11.5 Å². The highest BCUT2D eigenvalue weighted by molar-refractivity contribution is 5.81. The standard InChI is InChI=1S/C20H25NO3/c1-14-8-7-10-18(12-14)24-17(4)20(22)21-16(3)13-23-19-11-6-5-9-15(19)2/h5-12,16-17H,13H2,1-4H3,(H,21,22)/t16-,17+/m1/s1. The number of ether oxygens (including phenoxy) is 2. The summed E-state index contributed by atoms with van der Waals surface area (Å²) in [6.07, 6.45) is -0.562. The number of benzene rings is 2. The molecule has 0 spiro atoms. The summed E-state index contributed by atoms with van der Waals surface area (Å²) in [5.41, 5.74) is 2.17. The fourth-order valence-corrected chi connectivity index (χ4v) is 2.28. The molecule has 0 radical (unpaired) electrons. The van der Waals surface area contributed by atoms with Gasteiger partial charge in [-0.05, 0) is 57.0 Å². The quantitative estimate of drug-likeness (QED) is 0.844. The van der Waals surface area contributed by atoms with Gasteiger partial charge < -0.3 is 14.8 Å². The van der Waals surface area contributed by atoms with Crippen LogP contribution in [0.4, 0.5) is 0 Å². The Labute approximate surface area is 143 Å². The Morgan fingerprint density at radius 3 is 2.54 bits per heavy atom. The van der Waals surface area contributed by atoms with E-state index in [9.17, 15) is 4.79 Å². The number of hydrogen-bond acceptors (Lipinski definition) is 3. The highest BCUT2D eigenvalue weighted by Gasteiger charge is 2.17. The molecule has 0 fully saturated rings. The van der Waals surface area contributed by atoms with E-state index < -0.39 is 6.10 Å². The fourth-order valence-electron chi connectivity index (χ4n) is 2.28. The van der Waals surface area contributed by atoms with Crippen LogP contribution < -0.4 is 14.8 Å². The molecular formula is C20H25NO3. The highest BCUT2D eigenvalue weighted by atomic mass is 16.5. The lowest BCUT2D eigenvalue weighted by molar-refractivity contribution is -0.128. The van der Waals surface area contributed by atoms with E-state index in [1.165, 1.54) is 0 Å². The van der Waals surface area contributed by atoms with Gasteiger partial charge in [0.1, 0.15) is 18.1 Å². The van der Waals surface area contributed by atoms with Gasteiger partial charge in [0.15, 0.2) is 6.10 Å². The molecule has 0 aliphatic heterocycles. The topological polar surface area (TPSA) is 47.6 Å². The van der Waals surface area contributed by atoms with Crippen LogP contribution in [0.5, 0.6) is 11.5 Å². The second-order valence-corrected chi connectivity index (χ2v) is 6.06. The van der Waals surface area contributed by atoms with Crippen molar-refractivity contribution in [2.45, 2.75) is 39.8 Å². The van der Waals surface area contributed by atoms with Gasteiger partial charge in [0.25, 0.3) is 5.91 Å². The van der Waals surface area contributed by atoms with Crippen molar-refractivity contribution in [1.82, 2.24) is 5.32 Å². The van der Waals surface area contributed by atoms with E-state index in [0.717, 1.165) is 16.9 Å². The minimum Gasteiger partial charge on any atom is -0.491 e. The van der Waals surface area contributed by atoms with Crippen LogP contribution in [0.15, 0.2) is 48.5 Å². The summed E-state index contributed by atoms with van der Waals surface area (Å²) in [5, 5.41) is 2.92. The molecule has 2 aromatic carbocycles. The first-order valence-corrected chi connectivity index (χ1v) is 8.18. The van der Waals surface area contributed by atoms with Gasteiger partial charge in [0, 0.05) is 0 Å². The van der Waals surface area contributed by atoms with Gasteiger partial charge in [0.05, 0.1) is 6.04 Å². The average Bonchev–Trinajstić information content (AvgIpc) is 2.54. The van der Waals surface area contributed by atoms with Crippen LogP contribution in [0, 0.1) is 13.8 Å². The molecule has 0 saturated heterocycles. The molecule has 0 aliphatic rings. The molecule has 0 bridgehead atoms. The molecule has 0 aliphatic carbocycles. The smallest absolute Gasteiger partial charge is 0.261 e. The molecule has 0 saturated carbocycles. The second kappa shape index (κ2) is 8.39. The second-order valence-electron chi connectivity index (χ2n) is 6.06. The van der Waals surface area contributed by atoms with Crippen LogP contribution in [0.25, 0.3) is 0 Å². The Kier molecular flexibility index (Phi) is 6.24. The third kappa shape index (κ3) is 5.30. The van der Waals surface area contributed by atoms with E-state index in [0.29, 0.717) is 12.4 Å². The van der Waals surface area contributed by atoms with Crippen molar-refractivity contribution in [2.75, 3.05) is 6.61 Å². The largest absolute Gasteiger partial charge is 0.491 e. The van der Waals surface area contributed by atoms with Gasteiger partial charge in [-0.3, -0.25) is 4.79 Å². The monoisotopic (exact) mass is 327 g/mol. The Hall–Kier alpha value is -2.49. The number of aryl methyl sites for hydroxylation is 2. The summed E-state index contributed by atoms with van der Waals surface area (Å²) >= 11 is 0. The van der Waals surface area contributed by atoms with Crippen molar-refractivity contribution in [3.63, 3.8) is 0 Å². The minimum absolute atomic E-state index is 0.110. The van der Waals surface area contributed by atoms with Crippen molar-refractivity contribution in [3.05, 3.63) is 59.7 Å². The third-order valence-corrected chi connectivity index (χ3v) is 3.64. The summed E-state index contributed by atoms with van der Waals surface area (Å²) in [7, 11) is 0. The van der Waals surface area contributed by atoms with Crippen molar-refractivity contribution >= 4 is 5.91 Å². The lowest BCUT2D eigenvalue weighted by Crippen LogP contribution is -2.43. The average molecular weight is 327 g/mol. The van der Waals surface area contributed by atoms with E-state index in [-0.39, 0.29) is 11.9 Å². The number of carbonyl (C=O) groups is 1. The van der Waals surface area contributed by atoms with E-state index in [2.05, 4.69) is 5.32 Å². The Balaban J connectivity index is 1.81. The molecule has 4 nitrogen and oxygen atoms in total. The number of hydrogen-bond donors (Lipinski definition) is 1. The molecule has 128 valence electrons. The third-order valence-electron chi connectivity index (χ3n) is 3.64. The summed E-state index contributed by atoms with van der Waals surface area (Å²) in [4.78, 5) is 12.2. The van der Waals surface area contributed by atoms with E-state index in [4.69, 9.17) is 9.47 Å². The predicted octanol–water partition coefficient (Wildman–Crippen LogP) is 3.65. The maximum Gasteiger partial charge on any atom is 0.261 e. The number of carbonyl (C=O) groups excluding carboxylic acids is 1. The molecule has 1 N–H and O–H groups in total. The molecule has 2 rings (SSSR count). The molecule has 4 heteroatoms. The first kappa shape index (κ1) is 17.9. The van der Waals surface area contributed by atoms with Crippen LogP contribution in [-0.2, 0) is 4.79 Å². The van der Waals surface area contributed by atoms with Gasteiger partial charge in [-0.2, -0.15) is 0 Å². The molecule has 2 atom stereocenters. The molecule has 0 unspecified atom stereocenters. The molecule has 0 aromatic heterocycles. The normalized spacial score (nSPS) is 13.0. The Morgan fingerprint density at radius 2 is 1.83 bits per heavy atom. The van der Waals surface area contributed by atoms with E-state index in [1.54, 1.807) is 6.92 Å². The highest BCUT2D eigenvalue weighted by Crippen LogP contribution is 2.16. The lowest BCUT2D eigenvalue weighted by atomic mass is 10.2. The van der Waals surface area contributed by atoms with Crippen molar-refractivity contribution < 1.29 is 14.3 Å². The fraction of sp³-hybridized carbons (Fsp3) is 0.350. The number of rotatable bonds is 7. The molecule has 2 aromatic rings. The summed E-state index contributed by atoms with van der Waals surface area (Å²) < 4.78 is 11.4. The number of amides is 1. The van der Waals surface area contributed by atoms with Gasteiger partial charge in [-0.15, -0.1) is 0 Å². The van der Waals surface area contributed by atoms with Crippen LogP contribution in [0.1, 0.15) is 25.0 Å². The van der Waals surface area contributed by atoms with Gasteiger partial charge in [-0.25, -0.2) is 0 Å². The maximum absolute atomic E-state index is 12.2. The van der Waals surface area contributed by atoms with Crippen molar-refractivity contribution in [2.24, 2.45) is 0 Å². The van der Waals surface area contributed by atoms with E-state index in [1.807, 2.05) is 69.3 Å². The van der Waals surface area contributed by atoms with Gasteiger partial charge in [0.2, 0.25) is 0 Å². The van der Waals surface area contributed by atoms with Crippen LogP contribution in [-0.4, -0.2) is 24.7 Å². The zero-order valence-electron chi connectivity index (χ0n) is 14.7. The molecule has 0 heterocycles. The Bertz CT molecular complexity index is 684. The number of para-hydroxylation sites is 1. The molecule has 24 heavy (non-hydrogen) atoms. The van der Waals surface area contributed by atoms with Crippen LogP contribution >= 0.6 is 0 Å². The Morgan fingerprint density at radius 1 is 1.08 bits per heavy atom. The predicted molar refractivity (Wildman–Crippen MR) is 95.5 cm³/mol. The SMILES string of the molecule is Cc1cccc(O[C@@H](C)C(=O)N[C@H](C)COc2ccccc2C)c1. The van der Waals surface area contributed by atoms with Crippen molar-refractivity contribution in [1.29, 1.82) is 0 Å². The van der Waals surface area contributed by atoms with Crippen LogP contribution in [0.3, 0.4) is 0 Å².